The average Bonchev–Trinajstić information content (AvgIpc) is 3.04. The molecule has 0 aliphatic carbocycles. The summed E-state index contributed by atoms with van der Waals surface area (Å²) in [5, 5.41) is 2.90. The standard InChI is InChI=1S/C19H21N3O3/c1-12-16(24-2)10-13(11-17(12)25-3)19(23)20-9-8-18-21-14-6-4-5-7-15(14)22-18/h4-7,10-11H,8-9H2,1-3H3,(H,20,23)(H,21,22). The van der Waals surface area contributed by atoms with E-state index in [-0.39, 0.29) is 5.91 Å². The lowest BCUT2D eigenvalue weighted by molar-refractivity contribution is 0.0953. The molecule has 0 unspecified atom stereocenters. The number of rotatable bonds is 6. The van der Waals surface area contributed by atoms with Gasteiger partial charge in [-0.3, -0.25) is 4.79 Å². The monoisotopic (exact) mass is 339 g/mol. The Kier molecular flexibility index (Phi) is 4.88. The number of amides is 1. The van der Waals surface area contributed by atoms with Gasteiger partial charge in [-0.05, 0) is 31.2 Å². The van der Waals surface area contributed by atoms with E-state index in [2.05, 4.69) is 15.3 Å². The third-order valence-corrected chi connectivity index (χ3v) is 4.10. The van der Waals surface area contributed by atoms with Crippen LogP contribution < -0.4 is 14.8 Å². The van der Waals surface area contributed by atoms with Crippen molar-refractivity contribution < 1.29 is 14.3 Å². The van der Waals surface area contributed by atoms with Gasteiger partial charge in [0.25, 0.3) is 5.91 Å². The summed E-state index contributed by atoms with van der Waals surface area (Å²) in [6.45, 7) is 2.37. The molecule has 0 atom stereocenters. The molecule has 0 aliphatic heterocycles. The van der Waals surface area contributed by atoms with Crippen LogP contribution in [0.1, 0.15) is 21.7 Å². The average molecular weight is 339 g/mol. The Bertz CT molecular complexity index is 844. The SMILES string of the molecule is COc1cc(C(=O)NCCc2nc3ccccc3[nH]2)cc(OC)c1C. The Balaban J connectivity index is 1.66. The minimum atomic E-state index is -0.173. The number of nitrogens with zero attached hydrogens (tertiary/aromatic N) is 1. The van der Waals surface area contributed by atoms with Crippen LogP contribution in [0.2, 0.25) is 0 Å². The molecule has 0 saturated heterocycles. The number of ether oxygens (including phenoxy) is 2. The lowest BCUT2D eigenvalue weighted by Gasteiger charge is -2.12. The van der Waals surface area contributed by atoms with Gasteiger partial charge in [0.15, 0.2) is 0 Å². The molecule has 1 aromatic heterocycles. The van der Waals surface area contributed by atoms with Crippen LogP contribution in [0, 0.1) is 6.92 Å². The molecule has 6 nitrogen and oxygen atoms in total. The van der Waals surface area contributed by atoms with Crippen molar-refractivity contribution in [3.63, 3.8) is 0 Å². The van der Waals surface area contributed by atoms with Crippen molar-refractivity contribution in [3.8, 4) is 11.5 Å². The van der Waals surface area contributed by atoms with E-state index < -0.39 is 0 Å². The molecule has 0 bridgehead atoms. The van der Waals surface area contributed by atoms with E-state index in [4.69, 9.17) is 9.47 Å². The maximum atomic E-state index is 12.4. The number of hydrogen-bond acceptors (Lipinski definition) is 4. The van der Waals surface area contributed by atoms with E-state index in [0.717, 1.165) is 22.4 Å². The van der Waals surface area contributed by atoms with Gasteiger partial charge in [0.1, 0.15) is 17.3 Å². The highest BCUT2D eigenvalue weighted by Gasteiger charge is 2.13. The second kappa shape index (κ2) is 7.25. The molecule has 1 heterocycles. The summed E-state index contributed by atoms with van der Waals surface area (Å²) in [6, 6.07) is 11.3. The third-order valence-electron chi connectivity index (χ3n) is 4.10. The number of carbonyl (C=O) groups is 1. The van der Waals surface area contributed by atoms with E-state index in [9.17, 15) is 4.79 Å². The molecule has 0 fully saturated rings. The van der Waals surface area contributed by atoms with E-state index in [1.165, 1.54) is 0 Å². The number of H-pyrrole nitrogens is 1. The molecule has 6 heteroatoms. The van der Waals surface area contributed by atoms with Crippen LogP contribution >= 0.6 is 0 Å². The van der Waals surface area contributed by atoms with Gasteiger partial charge in [0, 0.05) is 24.1 Å². The zero-order valence-electron chi connectivity index (χ0n) is 14.6. The summed E-state index contributed by atoms with van der Waals surface area (Å²) in [5.74, 6) is 1.93. The maximum absolute atomic E-state index is 12.4. The molecule has 0 aliphatic rings. The maximum Gasteiger partial charge on any atom is 0.251 e. The fourth-order valence-corrected chi connectivity index (χ4v) is 2.74. The number of fused-ring (bicyclic) bond motifs is 1. The highest BCUT2D eigenvalue weighted by atomic mass is 16.5. The smallest absolute Gasteiger partial charge is 0.251 e. The number of imidazole rings is 1. The van der Waals surface area contributed by atoms with Gasteiger partial charge in [-0.2, -0.15) is 0 Å². The fourth-order valence-electron chi connectivity index (χ4n) is 2.74. The topological polar surface area (TPSA) is 76.2 Å². The van der Waals surface area contributed by atoms with Gasteiger partial charge in [0.05, 0.1) is 25.3 Å². The zero-order valence-corrected chi connectivity index (χ0v) is 14.6. The van der Waals surface area contributed by atoms with Crippen molar-refractivity contribution in [1.29, 1.82) is 0 Å². The molecule has 130 valence electrons. The normalized spacial score (nSPS) is 10.7. The molecule has 0 radical (unpaired) electrons. The fraction of sp³-hybridized carbons (Fsp3) is 0.263. The van der Waals surface area contributed by atoms with Crippen LogP contribution in [0.25, 0.3) is 11.0 Å². The van der Waals surface area contributed by atoms with E-state index in [1.807, 2.05) is 31.2 Å². The molecule has 0 saturated carbocycles. The van der Waals surface area contributed by atoms with Crippen LogP contribution in [0.4, 0.5) is 0 Å². The summed E-state index contributed by atoms with van der Waals surface area (Å²) < 4.78 is 10.6. The summed E-state index contributed by atoms with van der Waals surface area (Å²) in [6.07, 6.45) is 0.626. The second-order valence-corrected chi connectivity index (χ2v) is 5.71. The summed E-state index contributed by atoms with van der Waals surface area (Å²) in [4.78, 5) is 20.2. The minimum absolute atomic E-state index is 0.173. The Hall–Kier alpha value is -3.02. The number of aromatic nitrogens is 2. The van der Waals surface area contributed by atoms with Gasteiger partial charge >= 0.3 is 0 Å². The highest BCUT2D eigenvalue weighted by Crippen LogP contribution is 2.29. The Labute approximate surface area is 146 Å². The second-order valence-electron chi connectivity index (χ2n) is 5.71. The summed E-state index contributed by atoms with van der Waals surface area (Å²) >= 11 is 0. The van der Waals surface area contributed by atoms with E-state index in [1.54, 1.807) is 26.4 Å². The lowest BCUT2D eigenvalue weighted by atomic mass is 10.1. The van der Waals surface area contributed by atoms with E-state index >= 15 is 0 Å². The van der Waals surface area contributed by atoms with Gasteiger partial charge in [-0.15, -0.1) is 0 Å². The number of nitrogens with one attached hydrogen (secondary N) is 2. The molecule has 1 amide bonds. The predicted octanol–water partition coefficient (Wildman–Crippen LogP) is 2.86. The Morgan fingerprint density at radius 3 is 2.48 bits per heavy atom. The highest BCUT2D eigenvalue weighted by molar-refractivity contribution is 5.95. The van der Waals surface area contributed by atoms with Crippen LogP contribution in [0.15, 0.2) is 36.4 Å². The summed E-state index contributed by atoms with van der Waals surface area (Å²) in [7, 11) is 3.15. The number of benzene rings is 2. The Morgan fingerprint density at radius 1 is 1.16 bits per heavy atom. The number of methoxy groups -OCH3 is 2. The first-order valence-corrected chi connectivity index (χ1v) is 8.07. The third kappa shape index (κ3) is 3.57. The zero-order chi connectivity index (χ0) is 17.8. The van der Waals surface area contributed by atoms with Crippen LogP contribution in [-0.4, -0.2) is 36.6 Å². The number of para-hydroxylation sites is 2. The van der Waals surface area contributed by atoms with Gasteiger partial charge < -0.3 is 19.8 Å². The number of hydrogen-bond donors (Lipinski definition) is 2. The molecule has 3 aromatic rings. The predicted molar refractivity (Wildman–Crippen MR) is 96.4 cm³/mol. The van der Waals surface area contributed by atoms with Crippen LogP contribution in [0.3, 0.4) is 0 Å². The van der Waals surface area contributed by atoms with Gasteiger partial charge in [0.2, 0.25) is 0 Å². The number of aromatic amines is 1. The first kappa shape index (κ1) is 16.8. The van der Waals surface area contributed by atoms with E-state index in [0.29, 0.717) is 30.0 Å². The lowest BCUT2D eigenvalue weighted by Crippen LogP contribution is -2.26. The Morgan fingerprint density at radius 2 is 1.84 bits per heavy atom. The van der Waals surface area contributed by atoms with Crippen molar-refractivity contribution in [1.82, 2.24) is 15.3 Å². The van der Waals surface area contributed by atoms with Crippen LogP contribution in [-0.2, 0) is 6.42 Å². The minimum Gasteiger partial charge on any atom is -0.496 e. The van der Waals surface area contributed by atoms with Crippen molar-refractivity contribution >= 4 is 16.9 Å². The van der Waals surface area contributed by atoms with Crippen molar-refractivity contribution in [2.45, 2.75) is 13.3 Å². The molecular formula is C19H21N3O3. The number of carbonyl (C=O) groups excluding carboxylic acids is 1. The molecule has 2 N–H and O–H groups in total. The molecular weight excluding hydrogens is 318 g/mol. The van der Waals surface area contributed by atoms with Crippen LogP contribution in [0.5, 0.6) is 11.5 Å². The van der Waals surface area contributed by atoms with Gasteiger partial charge in [-0.25, -0.2) is 4.98 Å². The van der Waals surface area contributed by atoms with Crippen molar-refractivity contribution in [2.24, 2.45) is 0 Å². The van der Waals surface area contributed by atoms with Crippen molar-refractivity contribution in [3.05, 3.63) is 53.3 Å². The first-order valence-electron chi connectivity index (χ1n) is 8.07. The molecule has 25 heavy (non-hydrogen) atoms. The quantitative estimate of drug-likeness (QED) is 0.724. The van der Waals surface area contributed by atoms with Crippen molar-refractivity contribution in [2.75, 3.05) is 20.8 Å². The molecule has 3 rings (SSSR count). The van der Waals surface area contributed by atoms with Gasteiger partial charge in [-0.1, -0.05) is 12.1 Å². The first-order chi connectivity index (χ1) is 12.1. The summed E-state index contributed by atoms with van der Waals surface area (Å²) in [5.41, 5.74) is 3.29. The largest absolute Gasteiger partial charge is 0.496 e. The molecule has 0 spiro atoms. The molecule has 2 aromatic carbocycles.